The molecule has 2 aromatic carbocycles. The van der Waals surface area contributed by atoms with Gasteiger partial charge in [0, 0.05) is 80.8 Å². The molecule has 0 spiro atoms. The molecule has 1 saturated heterocycles. The number of esters is 2. The van der Waals surface area contributed by atoms with Crippen molar-refractivity contribution in [2.75, 3.05) is 46.3 Å². The summed E-state index contributed by atoms with van der Waals surface area (Å²) < 4.78 is 80.7. The van der Waals surface area contributed by atoms with Crippen molar-refractivity contribution in [3.63, 3.8) is 0 Å². The Morgan fingerprint density at radius 2 is 1.22 bits per heavy atom. The minimum atomic E-state index is -2.19. The first-order valence-electron chi connectivity index (χ1n) is 30.3. The molecule has 0 bridgehead atoms. The molecule has 18 heteroatoms. The molecule has 9 aliphatic rings. The zero-order valence-electron chi connectivity index (χ0n) is 51.4. The number of nitrogens with zero attached hydrogens (tertiary/aromatic N) is 2. The summed E-state index contributed by atoms with van der Waals surface area (Å²) >= 11 is 0. The summed E-state index contributed by atoms with van der Waals surface area (Å²) in [4.78, 5) is 78.1. The fraction of sp³-hybridized carbons (Fsp3) is 0.588. The van der Waals surface area contributed by atoms with E-state index < -0.39 is 101 Å². The van der Waals surface area contributed by atoms with E-state index in [0.29, 0.717) is 38.0 Å². The maximum atomic E-state index is 17.6. The monoisotopic (exact) mass is 1210 g/mol. The van der Waals surface area contributed by atoms with Crippen molar-refractivity contribution in [2.24, 2.45) is 56.7 Å². The molecule has 0 radical (unpaired) electrons. The predicted molar refractivity (Wildman–Crippen MR) is 319 cm³/mol. The van der Waals surface area contributed by atoms with Crippen LogP contribution in [0, 0.1) is 56.7 Å². The van der Waals surface area contributed by atoms with Gasteiger partial charge in [-0.1, -0.05) is 112 Å². The van der Waals surface area contributed by atoms with E-state index in [1.807, 2.05) is 37.3 Å². The quantitative estimate of drug-likeness (QED) is 0.0792. The van der Waals surface area contributed by atoms with Crippen molar-refractivity contribution in [3.05, 3.63) is 131 Å². The lowest BCUT2D eigenvalue weighted by molar-refractivity contribution is -0.212. The molecule has 1 heterocycles. The van der Waals surface area contributed by atoms with E-state index in [9.17, 15) is 39.0 Å². The molecule has 5 saturated carbocycles. The molecule has 11 rings (SSSR count). The van der Waals surface area contributed by atoms with Crippen LogP contribution in [0.15, 0.2) is 120 Å². The third kappa shape index (κ3) is 11.2. The highest BCUT2D eigenvalue weighted by molar-refractivity contribution is 6.76. The van der Waals surface area contributed by atoms with E-state index >= 15 is 17.6 Å². The molecule has 13 nitrogen and oxygen atoms in total. The van der Waals surface area contributed by atoms with Gasteiger partial charge in [0.2, 0.25) is 0 Å². The Balaban J connectivity index is 0.000000169. The van der Waals surface area contributed by atoms with Crippen LogP contribution in [-0.4, -0.2) is 145 Å². The summed E-state index contributed by atoms with van der Waals surface area (Å²) in [6.45, 7) is 19.1. The van der Waals surface area contributed by atoms with Crippen LogP contribution in [0.2, 0.25) is 19.6 Å². The van der Waals surface area contributed by atoms with E-state index in [1.165, 1.54) is 56.0 Å². The van der Waals surface area contributed by atoms with Gasteiger partial charge in [-0.05, 0) is 128 Å². The summed E-state index contributed by atoms with van der Waals surface area (Å²) in [5, 5.41) is 22.8. The molecule has 86 heavy (non-hydrogen) atoms. The smallest absolute Gasteiger partial charge is 0.303 e. The summed E-state index contributed by atoms with van der Waals surface area (Å²) in [5.74, 6) is -5.07. The number of fused-ring (bicyclic) bond motifs is 12. The molecular weight excluding hydrogens is 1120 g/mol. The maximum absolute atomic E-state index is 17.6. The Labute approximate surface area is 504 Å². The Hall–Kier alpha value is -5.50. The summed E-state index contributed by atoms with van der Waals surface area (Å²) in [7, 11) is 0.701. The van der Waals surface area contributed by atoms with Gasteiger partial charge in [-0.3, -0.25) is 38.6 Å². The number of likely N-dealkylation sites (tertiary alicyclic amines) is 1. The number of hydrogen-bond acceptors (Lipinski definition) is 13. The lowest BCUT2D eigenvalue weighted by atomic mass is 9.43. The first kappa shape index (κ1) is 65.0. The molecule has 2 N–H and O–H groups in total. The summed E-state index contributed by atoms with van der Waals surface area (Å²) in [6, 6.07) is 20.5. The van der Waals surface area contributed by atoms with Gasteiger partial charge < -0.3 is 24.4 Å². The zero-order valence-corrected chi connectivity index (χ0v) is 52.4. The number of ketones is 4. The fourth-order valence-corrected chi connectivity index (χ4v) is 19.5. The van der Waals surface area contributed by atoms with E-state index in [2.05, 4.69) is 59.8 Å². The van der Waals surface area contributed by atoms with Crippen molar-refractivity contribution < 1.29 is 70.8 Å². The number of Topliss-reactive ketones (excluding diaryl/α,β-unsaturated/α-hetero) is 2. The van der Waals surface area contributed by atoms with Gasteiger partial charge >= 0.3 is 11.9 Å². The van der Waals surface area contributed by atoms with Gasteiger partial charge in [-0.15, -0.1) is 0 Å². The molecule has 1 aliphatic heterocycles. The summed E-state index contributed by atoms with van der Waals surface area (Å²) in [6.07, 6.45) is 5.23. The van der Waals surface area contributed by atoms with Crippen LogP contribution in [0.4, 0.5) is 17.6 Å². The number of carbonyl (C=O) groups excluding carboxylic acids is 6. The van der Waals surface area contributed by atoms with Crippen LogP contribution >= 0.6 is 0 Å². The van der Waals surface area contributed by atoms with Crippen molar-refractivity contribution in [2.45, 2.75) is 149 Å². The van der Waals surface area contributed by atoms with Crippen LogP contribution in [0.3, 0.4) is 0 Å². The van der Waals surface area contributed by atoms with E-state index in [1.54, 1.807) is 34.0 Å². The van der Waals surface area contributed by atoms with Crippen LogP contribution in [-0.2, 0) is 56.1 Å². The topological polar surface area (TPSA) is 177 Å². The Morgan fingerprint density at radius 3 is 1.74 bits per heavy atom. The lowest BCUT2D eigenvalue weighted by Crippen LogP contribution is -2.69. The zero-order chi connectivity index (χ0) is 62.7. The van der Waals surface area contributed by atoms with Gasteiger partial charge in [0.25, 0.3) is 0 Å². The lowest BCUT2D eigenvalue weighted by Gasteiger charge is -2.63. The Kier molecular flexibility index (Phi) is 18.2. The Morgan fingerprint density at radius 1 is 0.709 bits per heavy atom. The number of carbonyl (C=O) groups is 6. The molecule has 16 atom stereocenters. The normalized spacial score (nSPS) is 38.1. The molecule has 6 fully saturated rings. The van der Waals surface area contributed by atoms with Gasteiger partial charge in [0.1, 0.15) is 12.3 Å². The second-order valence-corrected chi connectivity index (χ2v) is 33.4. The highest BCUT2D eigenvalue weighted by Crippen LogP contribution is 2.75. The van der Waals surface area contributed by atoms with Gasteiger partial charge in [0.05, 0.1) is 32.4 Å². The van der Waals surface area contributed by atoms with Crippen LogP contribution < -0.4 is 0 Å². The van der Waals surface area contributed by atoms with E-state index in [-0.39, 0.29) is 84.3 Å². The fourth-order valence-electron chi connectivity index (χ4n) is 17.9. The number of halogens is 4. The average Bonchev–Trinajstić information content (AvgIpc) is 1.35. The molecular formula is C68H86F4N2O11Si. The Bertz CT molecular complexity index is 3130. The molecule has 0 unspecified atom stereocenters. The minimum Gasteiger partial charge on any atom is -0.458 e. The number of alkyl halides is 4. The van der Waals surface area contributed by atoms with Gasteiger partial charge in [-0.25, -0.2) is 17.6 Å². The van der Waals surface area contributed by atoms with Gasteiger partial charge in [0.15, 0.2) is 47.7 Å². The molecule has 2 aromatic rings. The van der Waals surface area contributed by atoms with Crippen LogP contribution in [0.5, 0.6) is 0 Å². The van der Waals surface area contributed by atoms with Crippen molar-refractivity contribution in [1.29, 1.82) is 0 Å². The number of benzene rings is 2. The van der Waals surface area contributed by atoms with Crippen molar-refractivity contribution in [3.8, 4) is 0 Å². The van der Waals surface area contributed by atoms with Crippen molar-refractivity contribution in [1.82, 2.24) is 9.80 Å². The van der Waals surface area contributed by atoms with E-state index in [4.69, 9.17) is 14.2 Å². The number of aliphatic hydroxyl groups excluding tert-OH is 2. The third-order valence-corrected chi connectivity index (χ3v) is 22.9. The highest BCUT2D eigenvalue weighted by atomic mass is 28.3. The first-order valence-corrected chi connectivity index (χ1v) is 34.0. The maximum Gasteiger partial charge on any atom is 0.303 e. The number of hydrogen-bond donors (Lipinski definition) is 2. The van der Waals surface area contributed by atoms with Crippen LogP contribution in [0.25, 0.3) is 0 Å². The minimum absolute atomic E-state index is 0.01000. The molecule has 466 valence electrons. The molecule has 0 aromatic heterocycles. The third-order valence-electron chi connectivity index (χ3n) is 21.6. The molecule has 8 aliphatic carbocycles. The number of ether oxygens (including phenoxy) is 3. The van der Waals surface area contributed by atoms with Crippen molar-refractivity contribution >= 4 is 43.1 Å². The second kappa shape index (κ2) is 24.1. The molecule has 0 amide bonds. The van der Waals surface area contributed by atoms with Crippen LogP contribution in [0.1, 0.15) is 91.2 Å². The predicted octanol–water partition coefficient (Wildman–Crippen LogP) is 10.1. The SMILES string of the molecule is CC(=O)OCC(=O)C1=CC[C@H]2[C@@H]3C[C@H](F)C4=CC(=O)C=C[C@]4(C)[C@@]3(F)[C@@H](O)C[C@]12C.CC(=O)OCC(=O)[C@@]12CN(Cc3ccccc3)C[C@@H]1C[C@H]1[C@@H]3C[C@H](F)C4=CC(=O)C=C[C@]4(C)[C@@]3(F)[C@@H](O)C[C@@]12C.COCN(Cc1ccccc1)C[Si](C)(C)C. The number of aliphatic hydroxyl groups is 2. The second-order valence-electron chi connectivity index (χ2n) is 28.0. The summed E-state index contributed by atoms with van der Waals surface area (Å²) in [5.41, 5.74) is -6.87. The highest BCUT2D eigenvalue weighted by Gasteiger charge is 2.78. The number of methoxy groups -OCH3 is 1. The van der Waals surface area contributed by atoms with E-state index in [0.717, 1.165) is 24.9 Å². The first-order chi connectivity index (χ1) is 40.3. The average molecular weight is 1210 g/mol. The number of allylic oxidation sites excluding steroid dienone is 9. The van der Waals surface area contributed by atoms with Gasteiger partial charge in [-0.2, -0.15) is 0 Å². The standard InChI is InChI=1S/C32H37F2NO5.C23H26F2O5.C13H23NOSi/c1-19(36)40-17-28(39)31-18-35(15-20-7-5-4-6-8-20)16-21(31)11-23-24-13-26(33)25-12-22(37)9-10-29(25,2)32(24,34)27(38)14-30(23,31)3;1-12(26)30-11-19(28)15-5-4-14-16-9-18(24)17-8-13(27)6-7-22(17,3)23(16,25)20(29)10-21(14,15)2;1-15-11-14(12-16(2,3)4)10-13-8-6-5-7-9-13/h4-10,12,21,23-24,26-27,38H,11,13-18H2,1-3H3;5-8,14,16,18,20,29H,4,9-11H2,1-3H3;5-9H,10-12H2,1-4H3/t21-,23-,24-,26-,27-,29-,30-,31+,32-;14-,16-,18-,20-,21-,22-,23-;/m00./s1. The number of rotatable bonds is 14. The largest absolute Gasteiger partial charge is 0.458 e.